The van der Waals surface area contributed by atoms with Gasteiger partial charge in [0.2, 0.25) is 0 Å². The lowest BCUT2D eigenvalue weighted by Crippen LogP contribution is -2.35. The molecule has 1 fully saturated rings. The molecule has 1 aliphatic carbocycles. The third-order valence-electron chi connectivity index (χ3n) is 5.29. The van der Waals surface area contributed by atoms with Crippen LogP contribution in [0.1, 0.15) is 49.2 Å². The van der Waals surface area contributed by atoms with E-state index in [1.807, 2.05) is 35.9 Å². The Labute approximate surface area is 207 Å². The minimum absolute atomic E-state index is 0.335. The average Bonchev–Trinajstić information content (AvgIpc) is 3.16. The van der Waals surface area contributed by atoms with Crippen molar-refractivity contribution < 1.29 is 4.79 Å². The van der Waals surface area contributed by atoms with Gasteiger partial charge in [-0.15, -0.1) is 6.58 Å². The number of rotatable bonds is 7. The Bertz CT molecular complexity index is 1120. The highest BCUT2D eigenvalue weighted by Gasteiger charge is 2.20. The maximum atomic E-state index is 11.7. The van der Waals surface area contributed by atoms with Crippen LogP contribution >= 0.6 is 11.6 Å². The number of nitrogens with one attached hydrogen (secondary N) is 2. The molecule has 0 aliphatic heterocycles. The van der Waals surface area contributed by atoms with E-state index in [1.165, 1.54) is 19.3 Å². The first-order valence-corrected chi connectivity index (χ1v) is 11.8. The summed E-state index contributed by atoms with van der Waals surface area (Å²) in [7, 11) is 1.80. The van der Waals surface area contributed by atoms with Crippen LogP contribution in [0.5, 0.6) is 0 Å². The molecule has 1 aromatic carbocycles. The quantitative estimate of drug-likeness (QED) is 0.312. The zero-order valence-electron chi connectivity index (χ0n) is 20.3. The van der Waals surface area contributed by atoms with Gasteiger partial charge in [0.1, 0.15) is 11.0 Å². The fraction of sp³-hybridized carbons (Fsp3) is 0.346. The second kappa shape index (κ2) is 13.4. The number of aromatic nitrogens is 3. The Hall–Kier alpha value is -3.32. The molecule has 0 radical (unpaired) electrons. The number of primary amides is 1. The molecule has 1 saturated carbocycles. The fourth-order valence-electron chi connectivity index (χ4n) is 3.51. The summed E-state index contributed by atoms with van der Waals surface area (Å²) in [4.78, 5) is 15.6. The summed E-state index contributed by atoms with van der Waals surface area (Å²) in [6.45, 7) is 12.0. The molecule has 1 aliphatic rings. The van der Waals surface area contributed by atoms with E-state index in [-0.39, 0.29) is 0 Å². The smallest absolute Gasteiger partial charge is 0.269 e. The Morgan fingerprint density at radius 3 is 2.47 bits per heavy atom. The van der Waals surface area contributed by atoms with Gasteiger partial charge in [-0.2, -0.15) is 5.10 Å². The number of pyridine rings is 1. The van der Waals surface area contributed by atoms with Crippen molar-refractivity contribution in [3.8, 4) is 0 Å². The van der Waals surface area contributed by atoms with E-state index < -0.39 is 5.91 Å². The molecule has 2 heterocycles. The number of carbonyl (C=O) groups is 1. The van der Waals surface area contributed by atoms with Crippen LogP contribution in [-0.4, -0.2) is 33.8 Å². The van der Waals surface area contributed by atoms with Crippen molar-refractivity contribution >= 4 is 34.2 Å². The van der Waals surface area contributed by atoms with Gasteiger partial charge in [0.25, 0.3) is 5.91 Å². The minimum atomic E-state index is -0.491. The van der Waals surface area contributed by atoms with Crippen LogP contribution in [0.15, 0.2) is 61.3 Å². The number of fused-ring (bicyclic) bond motifs is 1. The number of carbonyl (C=O) groups excluding carboxylic acids is 1. The topological polar surface area (TPSA) is 97.9 Å². The molecular formula is C26H35ClN6O. The normalized spacial score (nSPS) is 12.4. The molecule has 0 spiro atoms. The number of halogens is 1. The molecule has 1 amide bonds. The van der Waals surface area contributed by atoms with Crippen molar-refractivity contribution in [2.75, 3.05) is 12.4 Å². The largest absolute Gasteiger partial charge is 0.385 e. The van der Waals surface area contributed by atoms with E-state index in [9.17, 15) is 4.79 Å². The minimum Gasteiger partial charge on any atom is -0.385 e. The molecule has 0 unspecified atom stereocenters. The zero-order chi connectivity index (χ0) is 25.1. The molecule has 8 heteroatoms. The summed E-state index contributed by atoms with van der Waals surface area (Å²) in [6.07, 6.45) is 6.31. The van der Waals surface area contributed by atoms with Gasteiger partial charge < -0.3 is 16.4 Å². The van der Waals surface area contributed by atoms with Crippen molar-refractivity contribution in [3.63, 3.8) is 0 Å². The first-order chi connectivity index (χ1) is 16.3. The maximum Gasteiger partial charge on any atom is 0.269 e. The molecule has 3 aromatic rings. The van der Waals surface area contributed by atoms with Crippen LogP contribution in [0.3, 0.4) is 0 Å². The van der Waals surface area contributed by atoms with Gasteiger partial charge in [-0.1, -0.05) is 55.4 Å². The molecule has 182 valence electrons. The third kappa shape index (κ3) is 7.35. The molecule has 2 aromatic heterocycles. The molecule has 4 rings (SSSR count). The Kier molecular flexibility index (Phi) is 10.6. The number of nitrogens with two attached hydrogens (primary N) is 1. The highest BCUT2D eigenvalue weighted by molar-refractivity contribution is 6.29. The lowest BCUT2D eigenvalue weighted by atomic mass is 9.93. The van der Waals surface area contributed by atoms with E-state index in [0.717, 1.165) is 34.4 Å². The molecule has 4 N–H and O–H groups in total. The molecule has 0 bridgehead atoms. The molecule has 7 nitrogen and oxygen atoms in total. The Balaban J connectivity index is 0.000000283. The highest BCUT2D eigenvalue weighted by Crippen LogP contribution is 2.24. The predicted molar refractivity (Wildman–Crippen MR) is 142 cm³/mol. The summed E-state index contributed by atoms with van der Waals surface area (Å²) < 4.78 is 1.85. The van der Waals surface area contributed by atoms with Gasteiger partial charge in [-0.05, 0) is 50.3 Å². The summed E-state index contributed by atoms with van der Waals surface area (Å²) in [5.74, 6) is 0.303. The number of amides is 1. The lowest BCUT2D eigenvalue weighted by molar-refractivity contribution is 0.0996. The summed E-state index contributed by atoms with van der Waals surface area (Å²) in [6, 6.07) is 11.9. The van der Waals surface area contributed by atoms with Crippen LogP contribution in [0, 0.1) is 0 Å². The van der Waals surface area contributed by atoms with E-state index in [4.69, 9.17) is 17.3 Å². The van der Waals surface area contributed by atoms with E-state index in [0.29, 0.717) is 23.4 Å². The van der Waals surface area contributed by atoms with Crippen LogP contribution in [-0.2, 0) is 13.0 Å². The number of benzene rings is 1. The van der Waals surface area contributed by atoms with E-state index in [1.54, 1.807) is 19.2 Å². The zero-order valence-corrected chi connectivity index (χ0v) is 21.0. The second-order valence-electron chi connectivity index (χ2n) is 7.92. The van der Waals surface area contributed by atoms with Gasteiger partial charge in [0.15, 0.2) is 5.69 Å². The summed E-state index contributed by atoms with van der Waals surface area (Å²) in [5, 5.41) is 12.1. The standard InChI is InChI=1S/C17H22N4O.C6H7ClN2.C3H6/c1-3-12-6-4-9-14-15(17(18)22)20-21(16(12)14)10-11(2)19-13-7-5-8-13;1-8-6-4-2-3-5(7)9-6;1-3-2/h4,6,9,13,19H,2-3,5,7-8,10H2,1H3,(H2,18,22);2-4H,1H3,(H,8,9);3H,1H2,2H3. The summed E-state index contributed by atoms with van der Waals surface area (Å²) >= 11 is 5.57. The van der Waals surface area contributed by atoms with Crippen molar-refractivity contribution in [1.29, 1.82) is 0 Å². The maximum absolute atomic E-state index is 11.7. The van der Waals surface area contributed by atoms with Gasteiger partial charge in [0.05, 0.1) is 12.1 Å². The van der Waals surface area contributed by atoms with Crippen molar-refractivity contribution in [2.45, 2.75) is 52.1 Å². The van der Waals surface area contributed by atoms with Crippen LogP contribution < -0.4 is 16.4 Å². The van der Waals surface area contributed by atoms with Crippen molar-refractivity contribution in [1.82, 2.24) is 20.1 Å². The van der Waals surface area contributed by atoms with Gasteiger partial charge in [0, 0.05) is 24.2 Å². The number of aryl methyl sites for hydroxylation is 1. The average molecular weight is 483 g/mol. The van der Waals surface area contributed by atoms with Crippen LogP contribution in [0.25, 0.3) is 10.9 Å². The number of para-hydroxylation sites is 1. The third-order valence-corrected chi connectivity index (χ3v) is 5.50. The summed E-state index contributed by atoms with van der Waals surface area (Å²) in [5.41, 5.74) is 8.88. The fourth-order valence-corrected chi connectivity index (χ4v) is 3.67. The first kappa shape index (κ1) is 26.9. The van der Waals surface area contributed by atoms with Gasteiger partial charge in [-0.3, -0.25) is 9.48 Å². The number of allylic oxidation sites excluding steroid dienone is 2. The van der Waals surface area contributed by atoms with Crippen molar-refractivity contribution in [2.24, 2.45) is 5.73 Å². The first-order valence-electron chi connectivity index (χ1n) is 11.4. The van der Waals surface area contributed by atoms with Gasteiger partial charge >= 0.3 is 0 Å². The molecular weight excluding hydrogens is 448 g/mol. The predicted octanol–water partition coefficient (Wildman–Crippen LogP) is 5.32. The number of hydrogen-bond acceptors (Lipinski definition) is 5. The van der Waals surface area contributed by atoms with Crippen LogP contribution in [0.4, 0.5) is 5.82 Å². The second-order valence-corrected chi connectivity index (χ2v) is 8.30. The van der Waals surface area contributed by atoms with Gasteiger partial charge in [-0.25, -0.2) is 4.98 Å². The van der Waals surface area contributed by atoms with Crippen LogP contribution in [0.2, 0.25) is 5.15 Å². The molecule has 34 heavy (non-hydrogen) atoms. The molecule has 0 atom stereocenters. The number of hydrogen-bond donors (Lipinski definition) is 3. The number of nitrogens with zero attached hydrogens (tertiary/aromatic N) is 3. The molecule has 0 saturated heterocycles. The number of anilines is 1. The SMILES string of the molecule is C=C(Cn1nc(C(N)=O)c2cccc(CC)c21)NC1CCC1.C=CC.CNc1cccc(Cl)n1. The Morgan fingerprint density at radius 2 is 1.97 bits per heavy atom. The lowest BCUT2D eigenvalue weighted by Gasteiger charge is -2.28. The van der Waals surface area contributed by atoms with Crippen molar-refractivity contribution in [3.05, 3.63) is 77.7 Å². The Morgan fingerprint density at radius 1 is 1.29 bits per heavy atom. The van der Waals surface area contributed by atoms with E-state index >= 15 is 0 Å². The monoisotopic (exact) mass is 482 g/mol. The van der Waals surface area contributed by atoms with E-state index in [2.05, 4.69) is 46.9 Å². The highest BCUT2D eigenvalue weighted by atomic mass is 35.5.